The summed E-state index contributed by atoms with van der Waals surface area (Å²) >= 11 is 0. The Morgan fingerprint density at radius 1 is 1.14 bits per heavy atom. The molecule has 1 aromatic heterocycles. The number of anilines is 2. The molecule has 2 aliphatic rings. The molecule has 3 rings (SSSR count). The smallest absolute Gasteiger partial charge is 0.148 e. The van der Waals surface area contributed by atoms with Crippen molar-refractivity contribution in [2.24, 2.45) is 22.6 Å². The molecule has 116 valence electrons. The lowest BCUT2D eigenvalue weighted by molar-refractivity contribution is 0.155. The summed E-state index contributed by atoms with van der Waals surface area (Å²) in [6.45, 7) is 11.1. The zero-order valence-corrected chi connectivity index (χ0v) is 13.7. The van der Waals surface area contributed by atoms with Crippen LogP contribution in [0.25, 0.3) is 0 Å². The van der Waals surface area contributed by atoms with E-state index < -0.39 is 0 Å². The zero-order valence-electron chi connectivity index (χ0n) is 13.7. The highest BCUT2D eigenvalue weighted by molar-refractivity contribution is 5.57. The molecule has 0 spiro atoms. The second-order valence-electron chi connectivity index (χ2n) is 7.73. The molecule has 5 heteroatoms. The first-order valence-electron chi connectivity index (χ1n) is 7.86. The highest BCUT2D eigenvalue weighted by Gasteiger charge is 2.59. The predicted octanol–water partition coefficient (Wildman–Crippen LogP) is 3.01. The van der Waals surface area contributed by atoms with E-state index >= 15 is 0 Å². The van der Waals surface area contributed by atoms with Gasteiger partial charge in [-0.15, -0.1) is 0 Å². The summed E-state index contributed by atoms with van der Waals surface area (Å²) in [7, 11) is 0. The monoisotopic (exact) mass is 289 g/mol. The fourth-order valence-electron chi connectivity index (χ4n) is 4.71. The molecule has 2 saturated carbocycles. The number of rotatable bonds is 3. The van der Waals surface area contributed by atoms with Gasteiger partial charge in [-0.1, -0.05) is 20.8 Å². The summed E-state index contributed by atoms with van der Waals surface area (Å²) in [6, 6.07) is 0.447. The van der Waals surface area contributed by atoms with Crippen molar-refractivity contribution in [2.75, 3.05) is 10.7 Å². The van der Waals surface area contributed by atoms with E-state index in [4.69, 9.17) is 5.84 Å². The van der Waals surface area contributed by atoms with E-state index in [9.17, 15) is 0 Å². The Labute approximate surface area is 127 Å². The summed E-state index contributed by atoms with van der Waals surface area (Å²) < 4.78 is 0. The van der Waals surface area contributed by atoms with Gasteiger partial charge in [-0.25, -0.2) is 15.8 Å². The predicted molar refractivity (Wildman–Crippen MR) is 86.0 cm³/mol. The van der Waals surface area contributed by atoms with Gasteiger partial charge in [-0.05, 0) is 49.9 Å². The van der Waals surface area contributed by atoms with Crippen LogP contribution < -0.4 is 16.6 Å². The third-order valence-electron chi connectivity index (χ3n) is 5.95. The molecule has 1 aromatic rings. The van der Waals surface area contributed by atoms with Crippen LogP contribution >= 0.6 is 0 Å². The van der Waals surface area contributed by atoms with E-state index in [1.165, 1.54) is 19.3 Å². The van der Waals surface area contributed by atoms with Crippen LogP contribution in [-0.4, -0.2) is 16.0 Å². The summed E-state index contributed by atoms with van der Waals surface area (Å²) in [6.07, 6.45) is 3.99. The number of nitrogen functional groups attached to an aromatic ring is 1. The number of nitrogens with two attached hydrogens (primary N) is 1. The van der Waals surface area contributed by atoms with E-state index in [1.54, 1.807) is 0 Å². The molecule has 3 atom stereocenters. The number of aromatic nitrogens is 2. The van der Waals surface area contributed by atoms with Gasteiger partial charge in [0.05, 0.1) is 0 Å². The van der Waals surface area contributed by atoms with Gasteiger partial charge in [0, 0.05) is 11.6 Å². The van der Waals surface area contributed by atoms with Gasteiger partial charge >= 0.3 is 0 Å². The first kappa shape index (κ1) is 14.6. The Bertz CT molecular complexity index is 563. The van der Waals surface area contributed by atoms with Gasteiger partial charge in [0.15, 0.2) is 0 Å². The maximum atomic E-state index is 5.57. The molecular formula is C16H27N5. The number of nitrogens with one attached hydrogen (secondary N) is 2. The summed E-state index contributed by atoms with van der Waals surface area (Å²) in [5.41, 5.74) is 4.34. The second-order valence-corrected chi connectivity index (χ2v) is 7.73. The lowest BCUT2D eigenvalue weighted by atomic mass is 9.68. The first-order valence-corrected chi connectivity index (χ1v) is 7.86. The van der Waals surface area contributed by atoms with E-state index in [0.717, 1.165) is 23.1 Å². The van der Waals surface area contributed by atoms with Crippen molar-refractivity contribution in [2.45, 2.75) is 59.9 Å². The van der Waals surface area contributed by atoms with Crippen LogP contribution in [0.5, 0.6) is 0 Å². The molecule has 21 heavy (non-hydrogen) atoms. The maximum Gasteiger partial charge on any atom is 0.148 e. The van der Waals surface area contributed by atoms with Crippen LogP contribution in [0, 0.1) is 30.6 Å². The Hall–Kier alpha value is -1.36. The lowest BCUT2D eigenvalue weighted by Crippen LogP contribution is -2.46. The van der Waals surface area contributed by atoms with Gasteiger partial charge in [-0.2, -0.15) is 0 Å². The molecule has 0 radical (unpaired) electrons. The molecule has 2 aliphatic carbocycles. The highest BCUT2D eigenvalue weighted by atomic mass is 15.3. The molecule has 1 heterocycles. The molecule has 0 aliphatic heterocycles. The van der Waals surface area contributed by atoms with Crippen molar-refractivity contribution >= 4 is 11.6 Å². The quantitative estimate of drug-likeness (QED) is 0.589. The van der Waals surface area contributed by atoms with Crippen molar-refractivity contribution in [1.82, 2.24) is 9.97 Å². The van der Waals surface area contributed by atoms with Gasteiger partial charge in [0.1, 0.15) is 17.5 Å². The van der Waals surface area contributed by atoms with Crippen LogP contribution in [-0.2, 0) is 0 Å². The molecule has 2 bridgehead atoms. The molecular weight excluding hydrogens is 262 g/mol. The Kier molecular flexibility index (Phi) is 3.17. The third kappa shape index (κ3) is 2.09. The largest absolute Gasteiger partial charge is 0.366 e. The Morgan fingerprint density at radius 3 is 2.38 bits per heavy atom. The summed E-state index contributed by atoms with van der Waals surface area (Å²) in [5, 5.41) is 3.74. The number of aryl methyl sites for hydroxylation is 1. The van der Waals surface area contributed by atoms with Crippen LogP contribution in [0.15, 0.2) is 0 Å². The molecule has 0 amide bonds. The Morgan fingerprint density at radius 2 is 1.81 bits per heavy atom. The normalized spacial score (nSPS) is 33.2. The van der Waals surface area contributed by atoms with E-state index in [1.807, 2.05) is 13.8 Å². The Balaban J connectivity index is 1.95. The average Bonchev–Trinajstić information content (AvgIpc) is 2.89. The third-order valence-corrected chi connectivity index (χ3v) is 5.95. The fourth-order valence-corrected chi connectivity index (χ4v) is 4.71. The standard InChI is InChI=1S/C16H27N5/c1-9-12(18-10(2)19-13(9)21-17)20-14-15(3,4)11-6-7-16(14,5)8-11/h11,14H,6-8,17H2,1-5H3,(H2,18,19,20,21). The van der Waals surface area contributed by atoms with Crippen molar-refractivity contribution < 1.29 is 0 Å². The van der Waals surface area contributed by atoms with Crippen molar-refractivity contribution in [3.05, 3.63) is 11.4 Å². The van der Waals surface area contributed by atoms with Gasteiger partial charge in [0.2, 0.25) is 0 Å². The maximum absolute atomic E-state index is 5.57. The molecule has 2 fully saturated rings. The molecule has 0 aromatic carbocycles. The number of hydrogen-bond donors (Lipinski definition) is 3. The SMILES string of the molecule is Cc1nc(NN)c(C)c(NC2C3(C)CCC(C3)C2(C)C)n1. The van der Waals surface area contributed by atoms with Gasteiger partial charge < -0.3 is 10.7 Å². The van der Waals surface area contributed by atoms with Crippen molar-refractivity contribution in [3.63, 3.8) is 0 Å². The van der Waals surface area contributed by atoms with Crippen LogP contribution in [0.2, 0.25) is 0 Å². The topological polar surface area (TPSA) is 75.9 Å². The first-order chi connectivity index (χ1) is 9.78. The van der Waals surface area contributed by atoms with Crippen LogP contribution in [0.1, 0.15) is 51.4 Å². The van der Waals surface area contributed by atoms with E-state index in [-0.39, 0.29) is 0 Å². The minimum absolute atomic E-state index is 0.300. The van der Waals surface area contributed by atoms with Gasteiger partial charge in [-0.3, -0.25) is 0 Å². The number of hydrazine groups is 1. The zero-order chi connectivity index (χ0) is 15.4. The highest BCUT2D eigenvalue weighted by Crippen LogP contribution is 2.63. The molecule has 5 nitrogen and oxygen atoms in total. The number of hydrogen-bond acceptors (Lipinski definition) is 5. The minimum atomic E-state index is 0.300. The number of fused-ring (bicyclic) bond motifs is 2. The van der Waals surface area contributed by atoms with Gasteiger partial charge in [0.25, 0.3) is 0 Å². The van der Waals surface area contributed by atoms with E-state index in [0.29, 0.717) is 22.7 Å². The average molecular weight is 289 g/mol. The van der Waals surface area contributed by atoms with Crippen molar-refractivity contribution in [1.29, 1.82) is 0 Å². The minimum Gasteiger partial charge on any atom is -0.366 e. The molecule has 0 saturated heterocycles. The van der Waals surface area contributed by atoms with Crippen LogP contribution in [0.4, 0.5) is 11.6 Å². The molecule has 3 unspecified atom stereocenters. The lowest BCUT2D eigenvalue weighted by Gasteiger charge is -2.43. The second kappa shape index (κ2) is 4.57. The van der Waals surface area contributed by atoms with E-state index in [2.05, 4.69) is 41.5 Å². The molecule has 4 N–H and O–H groups in total. The number of nitrogens with zero attached hydrogens (tertiary/aromatic N) is 2. The summed E-state index contributed by atoms with van der Waals surface area (Å²) in [4.78, 5) is 8.95. The summed E-state index contributed by atoms with van der Waals surface area (Å²) in [5.74, 6) is 8.75. The fraction of sp³-hybridized carbons (Fsp3) is 0.750. The van der Waals surface area contributed by atoms with Crippen LogP contribution in [0.3, 0.4) is 0 Å². The van der Waals surface area contributed by atoms with Crippen molar-refractivity contribution in [3.8, 4) is 0 Å².